The second-order valence-corrected chi connectivity index (χ2v) is 5.97. The van der Waals surface area contributed by atoms with Gasteiger partial charge in [-0.05, 0) is 52.6 Å². The first-order valence-corrected chi connectivity index (χ1v) is 8.27. The van der Waals surface area contributed by atoms with E-state index in [0.717, 1.165) is 31.6 Å². The number of hydrogen-bond donors (Lipinski definition) is 1. The molecule has 0 aliphatic carbocycles. The van der Waals surface area contributed by atoms with Crippen molar-refractivity contribution in [3.05, 3.63) is 29.3 Å². The molecule has 3 nitrogen and oxygen atoms in total. The number of ether oxygens (including phenoxy) is 2. The minimum atomic E-state index is 0.219. The molecule has 1 aliphatic heterocycles. The Labute approximate surface area is 129 Å². The number of benzene rings is 1. The molecule has 118 valence electrons. The molecule has 1 aliphatic rings. The van der Waals surface area contributed by atoms with E-state index in [2.05, 4.69) is 44.3 Å². The zero-order valence-electron chi connectivity index (χ0n) is 13.8. The number of rotatable bonds is 7. The van der Waals surface area contributed by atoms with Gasteiger partial charge in [-0.15, -0.1) is 0 Å². The maximum atomic E-state index is 6.13. The van der Waals surface area contributed by atoms with E-state index in [-0.39, 0.29) is 12.1 Å². The molecule has 1 fully saturated rings. The van der Waals surface area contributed by atoms with E-state index in [9.17, 15) is 0 Å². The van der Waals surface area contributed by atoms with Gasteiger partial charge in [0.25, 0.3) is 0 Å². The van der Waals surface area contributed by atoms with Crippen LogP contribution in [0.1, 0.15) is 57.2 Å². The molecule has 1 N–H and O–H groups in total. The molecule has 3 atom stereocenters. The van der Waals surface area contributed by atoms with Crippen LogP contribution in [-0.4, -0.2) is 25.4 Å². The first-order chi connectivity index (χ1) is 10.2. The Hall–Kier alpha value is -1.06. The van der Waals surface area contributed by atoms with Crippen LogP contribution in [0, 0.1) is 6.92 Å². The number of aryl methyl sites for hydroxylation is 1. The summed E-state index contributed by atoms with van der Waals surface area (Å²) in [7, 11) is 0. The van der Waals surface area contributed by atoms with Gasteiger partial charge in [-0.25, -0.2) is 0 Å². The molecule has 3 unspecified atom stereocenters. The van der Waals surface area contributed by atoms with Gasteiger partial charge >= 0.3 is 0 Å². The van der Waals surface area contributed by atoms with Crippen molar-refractivity contribution >= 4 is 0 Å². The Balaban J connectivity index is 2.28. The van der Waals surface area contributed by atoms with Crippen molar-refractivity contribution in [3.63, 3.8) is 0 Å². The Morgan fingerprint density at radius 3 is 2.76 bits per heavy atom. The average Bonchev–Trinajstić information content (AvgIpc) is 2.89. The van der Waals surface area contributed by atoms with E-state index in [1.54, 1.807) is 0 Å². The quantitative estimate of drug-likeness (QED) is 0.823. The molecule has 1 aromatic carbocycles. The summed E-state index contributed by atoms with van der Waals surface area (Å²) in [5, 5.41) is 3.67. The summed E-state index contributed by atoms with van der Waals surface area (Å²) in [4.78, 5) is 0. The summed E-state index contributed by atoms with van der Waals surface area (Å²) in [5.41, 5.74) is 2.51. The molecule has 1 heterocycles. The highest BCUT2D eigenvalue weighted by Gasteiger charge is 2.32. The molecule has 0 radical (unpaired) electrons. The first-order valence-electron chi connectivity index (χ1n) is 8.27. The van der Waals surface area contributed by atoms with E-state index >= 15 is 0 Å². The van der Waals surface area contributed by atoms with E-state index in [0.29, 0.717) is 12.7 Å². The fourth-order valence-electron chi connectivity index (χ4n) is 3.02. The summed E-state index contributed by atoms with van der Waals surface area (Å²) in [6.07, 6.45) is 3.98. The van der Waals surface area contributed by atoms with Crippen molar-refractivity contribution in [2.45, 2.75) is 65.2 Å². The number of nitrogens with one attached hydrogen (secondary N) is 1. The second kappa shape index (κ2) is 7.81. The lowest BCUT2D eigenvalue weighted by molar-refractivity contribution is 0.0310. The zero-order valence-corrected chi connectivity index (χ0v) is 13.8. The first kappa shape index (κ1) is 16.3. The molecule has 0 saturated carbocycles. The highest BCUT2D eigenvalue weighted by Crippen LogP contribution is 2.35. The Morgan fingerprint density at radius 1 is 1.33 bits per heavy atom. The van der Waals surface area contributed by atoms with Crippen molar-refractivity contribution in [3.8, 4) is 5.75 Å². The van der Waals surface area contributed by atoms with Crippen LogP contribution in [0.4, 0.5) is 0 Å². The maximum absolute atomic E-state index is 6.13. The average molecular weight is 291 g/mol. The Bertz CT molecular complexity index is 447. The van der Waals surface area contributed by atoms with Crippen LogP contribution in [0.2, 0.25) is 0 Å². The standard InChI is InChI=1S/C18H29NO2/c1-5-11-19-18(17-10-8-14(4)21-17)15-12-13(3)7-9-16(15)20-6-2/h7,9,12,14,17-19H,5-6,8,10-11H2,1-4H3. The smallest absolute Gasteiger partial charge is 0.124 e. The van der Waals surface area contributed by atoms with Gasteiger partial charge in [-0.2, -0.15) is 0 Å². The zero-order chi connectivity index (χ0) is 15.2. The lowest BCUT2D eigenvalue weighted by Gasteiger charge is -2.27. The summed E-state index contributed by atoms with van der Waals surface area (Å²) in [6, 6.07) is 6.66. The topological polar surface area (TPSA) is 30.5 Å². The van der Waals surface area contributed by atoms with Crippen molar-refractivity contribution < 1.29 is 9.47 Å². The second-order valence-electron chi connectivity index (χ2n) is 5.97. The van der Waals surface area contributed by atoms with Crippen LogP contribution < -0.4 is 10.1 Å². The Kier molecular flexibility index (Phi) is 6.07. The number of hydrogen-bond acceptors (Lipinski definition) is 3. The van der Waals surface area contributed by atoms with E-state index in [1.165, 1.54) is 11.1 Å². The van der Waals surface area contributed by atoms with Gasteiger partial charge in [0.15, 0.2) is 0 Å². The molecule has 0 aromatic heterocycles. The largest absolute Gasteiger partial charge is 0.494 e. The van der Waals surface area contributed by atoms with Gasteiger partial charge in [-0.3, -0.25) is 0 Å². The summed E-state index contributed by atoms with van der Waals surface area (Å²) < 4.78 is 12.0. The van der Waals surface area contributed by atoms with Gasteiger partial charge in [-0.1, -0.05) is 24.6 Å². The minimum Gasteiger partial charge on any atom is -0.494 e. The predicted octanol–water partition coefficient (Wildman–Crippen LogP) is 4.00. The molecular weight excluding hydrogens is 262 g/mol. The van der Waals surface area contributed by atoms with Crippen LogP contribution in [0.3, 0.4) is 0 Å². The van der Waals surface area contributed by atoms with E-state index in [1.807, 2.05) is 6.92 Å². The van der Waals surface area contributed by atoms with Gasteiger partial charge < -0.3 is 14.8 Å². The third kappa shape index (κ3) is 4.21. The van der Waals surface area contributed by atoms with Gasteiger partial charge in [0, 0.05) is 5.56 Å². The third-order valence-electron chi connectivity index (χ3n) is 4.05. The van der Waals surface area contributed by atoms with E-state index < -0.39 is 0 Å². The van der Waals surface area contributed by atoms with Gasteiger partial charge in [0.1, 0.15) is 5.75 Å². The van der Waals surface area contributed by atoms with Crippen LogP contribution in [0.15, 0.2) is 18.2 Å². The SMILES string of the molecule is CCCNC(c1cc(C)ccc1OCC)C1CCC(C)O1. The molecule has 21 heavy (non-hydrogen) atoms. The minimum absolute atomic E-state index is 0.219. The van der Waals surface area contributed by atoms with Gasteiger partial charge in [0.2, 0.25) is 0 Å². The van der Waals surface area contributed by atoms with E-state index in [4.69, 9.17) is 9.47 Å². The molecule has 3 heteroatoms. The molecule has 0 spiro atoms. The molecular formula is C18H29NO2. The van der Waals surface area contributed by atoms with Crippen LogP contribution in [0.25, 0.3) is 0 Å². The molecule has 0 bridgehead atoms. The molecule has 2 rings (SSSR count). The van der Waals surface area contributed by atoms with Crippen LogP contribution in [-0.2, 0) is 4.74 Å². The lowest BCUT2D eigenvalue weighted by Crippen LogP contribution is -2.33. The normalized spacial score (nSPS) is 23.2. The predicted molar refractivity (Wildman–Crippen MR) is 87.0 cm³/mol. The lowest BCUT2D eigenvalue weighted by atomic mass is 9.96. The molecule has 0 amide bonds. The highest BCUT2D eigenvalue weighted by atomic mass is 16.5. The summed E-state index contributed by atoms with van der Waals surface area (Å²) in [6.45, 7) is 10.2. The highest BCUT2D eigenvalue weighted by molar-refractivity contribution is 5.40. The van der Waals surface area contributed by atoms with Crippen LogP contribution in [0.5, 0.6) is 5.75 Å². The third-order valence-corrected chi connectivity index (χ3v) is 4.05. The monoisotopic (exact) mass is 291 g/mol. The summed E-state index contributed by atoms with van der Waals surface area (Å²) >= 11 is 0. The van der Waals surface area contributed by atoms with Crippen molar-refractivity contribution in [2.24, 2.45) is 0 Å². The maximum Gasteiger partial charge on any atom is 0.124 e. The fourth-order valence-corrected chi connectivity index (χ4v) is 3.02. The van der Waals surface area contributed by atoms with Crippen LogP contribution >= 0.6 is 0 Å². The van der Waals surface area contributed by atoms with Crippen molar-refractivity contribution in [2.75, 3.05) is 13.2 Å². The Morgan fingerprint density at radius 2 is 2.14 bits per heavy atom. The fraction of sp³-hybridized carbons (Fsp3) is 0.667. The molecule has 1 aromatic rings. The summed E-state index contributed by atoms with van der Waals surface area (Å²) in [5.74, 6) is 0.986. The molecule has 1 saturated heterocycles. The van der Waals surface area contributed by atoms with Crippen molar-refractivity contribution in [1.82, 2.24) is 5.32 Å². The van der Waals surface area contributed by atoms with Gasteiger partial charge in [0.05, 0.1) is 24.9 Å². The van der Waals surface area contributed by atoms with Crippen molar-refractivity contribution in [1.29, 1.82) is 0 Å².